The summed E-state index contributed by atoms with van der Waals surface area (Å²) in [5.41, 5.74) is 2.87. The first-order chi connectivity index (χ1) is 13.0. The van der Waals surface area contributed by atoms with Crippen LogP contribution in [0.2, 0.25) is 0 Å². The fraction of sp³-hybridized carbons (Fsp3) is 0.217. The van der Waals surface area contributed by atoms with Crippen molar-refractivity contribution in [1.82, 2.24) is 4.90 Å². The Bertz CT molecular complexity index is 941. The van der Waals surface area contributed by atoms with E-state index in [4.69, 9.17) is 4.74 Å². The number of benzene rings is 3. The molecule has 0 aromatic heterocycles. The number of aliphatic hydroxyl groups excluding tert-OH is 1. The van der Waals surface area contributed by atoms with E-state index >= 15 is 0 Å². The van der Waals surface area contributed by atoms with Crippen LogP contribution in [0.4, 0.5) is 0 Å². The predicted octanol–water partition coefficient (Wildman–Crippen LogP) is 5.83. The second kappa shape index (κ2) is 7.26. The molecule has 1 unspecified atom stereocenters. The molecule has 3 aromatic carbocycles. The van der Waals surface area contributed by atoms with E-state index in [-0.39, 0.29) is 5.54 Å². The summed E-state index contributed by atoms with van der Waals surface area (Å²) in [5, 5.41) is 11.3. The molecular weight excluding hydrogens is 449 g/mol. The van der Waals surface area contributed by atoms with Crippen LogP contribution >= 0.6 is 22.6 Å². The van der Waals surface area contributed by atoms with Crippen molar-refractivity contribution in [2.24, 2.45) is 0 Å². The third-order valence-electron chi connectivity index (χ3n) is 5.31. The molecule has 0 saturated carbocycles. The van der Waals surface area contributed by atoms with Gasteiger partial charge in [-0.3, -0.25) is 4.90 Å². The molecule has 3 nitrogen and oxygen atoms in total. The molecular formula is C23H22INO2. The lowest BCUT2D eigenvalue weighted by molar-refractivity contribution is -0.0539. The summed E-state index contributed by atoms with van der Waals surface area (Å²) in [6.45, 7) is 4.99. The molecule has 3 aromatic rings. The third kappa shape index (κ3) is 3.37. The van der Waals surface area contributed by atoms with Gasteiger partial charge in [0.05, 0.1) is 0 Å². The number of ether oxygens (including phenoxy) is 1. The lowest BCUT2D eigenvalue weighted by Gasteiger charge is -2.38. The van der Waals surface area contributed by atoms with Gasteiger partial charge in [0.15, 0.2) is 0 Å². The van der Waals surface area contributed by atoms with Gasteiger partial charge in [-0.25, -0.2) is 0 Å². The Morgan fingerprint density at radius 1 is 0.963 bits per heavy atom. The fourth-order valence-corrected chi connectivity index (χ4v) is 4.33. The second-order valence-corrected chi connectivity index (χ2v) is 8.44. The van der Waals surface area contributed by atoms with Crippen molar-refractivity contribution < 1.29 is 9.84 Å². The molecule has 0 fully saturated rings. The maximum absolute atomic E-state index is 11.3. The van der Waals surface area contributed by atoms with Gasteiger partial charge in [-0.05, 0) is 71.8 Å². The van der Waals surface area contributed by atoms with Crippen LogP contribution < -0.4 is 4.74 Å². The van der Waals surface area contributed by atoms with E-state index in [9.17, 15) is 5.11 Å². The molecule has 0 aliphatic carbocycles. The second-order valence-electron chi connectivity index (χ2n) is 7.28. The molecule has 0 amide bonds. The Labute approximate surface area is 173 Å². The minimum Gasteiger partial charge on any atom is -0.457 e. The zero-order chi connectivity index (χ0) is 19.0. The Morgan fingerprint density at radius 3 is 2.26 bits per heavy atom. The number of halogens is 1. The maximum Gasteiger partial charge on any atom is 0.138 e. The van der Waals surface area contributed by atoms with Gasteiger partial charge < -0.3 is 9.84 Å². The minimum atomic E-state index is -0.719. The number of nitrogens with zero attached hydrogens (tertiary/aromatic N) is 1. The quantitative estimate of drug-likeness (QED) is 0.487. The Balaban J connectivity index is 1.72. The molecule has 4 heteroatoms. The molecule has 0 bridgehead atoms. The smallest absolute Gasteiger partial charge is 0.138 e. The average molecular weight is 471 g/mol. The largest absolute Gasteiger partial charge is 0.457 e. The summed E-state index contributed by atoms with van der Waals surface area (Å²) < 4.78 is 7.27. The number of rotatable bonds is 4. The Hall–Kier alpha value is -1.89. The summed E-state index contributed by atoms with van der Waals surface area (Å²) in [6.07, 6.45) is -0.719. The maximum atomic E-state index is 11.3. The Kier molecular flexibility index (Phi) is 4.97. The van der Waals surface area contributed by atoms with E-state index in [1.165, 1.54) is 5.56 Å². The van der Waals surface area contributed by atoms with Crippen molar-refractivity contribution >= 4 is 22.6 Å². The highest BCUT2D eigenvalue weighted by Gasteiger charge is 2.41. The van der Waals surface area contributed by atoms with Crippen molar-refractivity contribution in [1.29, 1.82) is 0 Å². The first-order valence-corrected chi connectivity index (χ1v) is 10.1. The van der Waals surface area contributed by atoms with Crippen LogP contribution in [0.1, 0.15) is 36.8 Å². The van der Waals surface area contributed by atoms with E-state index < -0.39 is 6.23 Å². The Morgan fingerprint density at radius 2 is 1.59 bits per heavy atom. The number of aliphatic hydroxyl groups is 1. The van der Waals surface area contributed by atoms with Crippen molar-refractivity contribution in [2.45, 2.75) is 32.2 Å². The fourth-order valence-electron chi connectivity index (χ4n) is 3.69. The highest BCUT2D eigenvalue weighted by Crippen LogP contribution is 2.47. The average Bonchev–Trinajstić information content (AvgIpc) is 3.05. The van der Waals surface area contributed by atoms with Crippen LogP contribution in [0.25, 0.3) is 0 Å². The topological polar surface area (TPSA) is 32.7 Å². The van der Waals surface area contributed by atoms with Gasteiger partial charge in [-0.2, -0.15) is 0 Å². The van der Waals surface area contributed by atoms with E-state index in [2.05, 4.69) is 59.5 Å². The van der Waals surface area contributed by atoms with Gasteiger partial charge in [0, 0.05) is 21.2 Å². The number of para-hydroxylation sites is 1. The van der Waals surface area contributed by atoms with Crippen LogP contribution in [0.3, 0.4) is 0 Å². The van der Waals surface area contributed by atoms with Crippen molar-refractivity contribution in [3.8, 4) is 11.5 Å². The van der Waals surface area contributed by atoms with Crippen LogP contribution in [0, 0.1) is 3.57 Å². The van der Waals surface area contributed by atoms with Crippen LogP contribution in [0.5, 0.6) is 11.5 Å². The normalized spacial score (nSPS) is 17.0. The third-order valence-corrected chi connectivity index (χ3v) is 6.32. The highest BCUT2D eigenvalue weighted by molar-refractivity contribution is 14.1. The van der Waals surface area contributed by atoms with Crippen molar-refractivity contribution in [3.63, 3.8) is 0 Å². The van der Waals surface area contributed by atoms with Gasteiger partial charge in [0.25, 0.3) is 0 Å². The van der Waals surface area contributed by atoms with Gasteiger partial charge in [0.1, 0.15) is 17.7 Å². The highest BCUT2D eigenvalue weighted by atomic mass is 127. The molecule has 1 atom stereocenters. The standard InChI is InChI=1S/C23H22INO2/c1-23(2,16-9-5-3-6-10-16)25-15-18-19(24)13-14-20(21(18)22(25)26)27-17-11-7-4-8-12-17/h3-14,22,26H,15H2,1-2H3. The summed E-state index contributed by atoms with van der Waals surface area (Å²) in [5.74, 6) is 1.49. The molecule has 0 spiro atoms. The lowest BCUT2D eigenvalue weighted by Crippen LogP contribution is -2.40. The number of fused-ring (bicyclic) bond motifs is 1. The monoisotopic (exact) mass is 471 g/mol. The van der Waals surface area contributed by atoms with Gasteiger partial charge in [-0.15, -0.1) is 0 Å². The summed E-state index contributed by atoms with van der Waals surface area (Å²) >= 11 is 2.34. The zero-order valence-corrected chi connectivity index (χ0v) is 17.6. The van der Waals surface area contributed by atoms with Gasteiger partial charge in [-0.1, -0.05) is 48.5 Å². The molecule has 27 heavy (non-hydrogen) atoms. The first-order valence-electron chi connectivity index (χ1n) is 9.03. The summed E-state index contributed by atoms with van der Waals surface area (Å²) in [4.78, 5) is 2.13. The van der Waals surface area contributed by atoms with Crippen LogP contribution in [-0.4, -0.2) is 10.0 Å². The SMILES string of the molecule is CC(C)(c1ccccc1)N1Cc2c(I)ccc(Oc3ccccc3)c2C1O. The lowest BCUT2D eigenvalue weighted by atomic mass is 9.92. The minimum absolute atomic E-state index is 0.313. The number of hydrogen-bond acceptors (Lipinski definition) is 3. The molecule has 1 aliphatic rings. The van der Waals surface area contributed by atoms with E-state index in [0.717, 1.165) is 26.2 Å². The number of hydrogen-bond donors (Lipinski definition) is 1. The van der Waals surface area contributed by atoms with Crippen LogP contribution in [0.15, 0.2) is 72.8 Å². The van der Waals surface area contributed by atoms with E-state index in [1.54, 1.807) is 0 Å². The molecule has 1 aliphatic heterocycles. The van der Waals surface area contributed by atoms with Crippen molar-refractivity contribution in [2.75, 3.05) is 0 Å². The van der Waals surface area contributed by atoms with E-state index in [0.29, 0.717) is 6.54 Å². The molecule has 4 rings (SSSR count). The van der Waals surface area contributed by atoms with E-state index in [1.807, 2.05) is 54.6 Å². The molecule has 0 radical (unpaired) electrons. The first kappa shape index (κ1) is 18.5. The van der Waals surface area contributed by atoms with Gasteiger partial charge >= 0.3 is 0 Å². The molecule has 0 saturated heterocycles. The zero-order valence-electron chi connectivity index (χ0n) is 15.4. The van der Waals surface area contributed by atoms with Crippen molar-refractivity contribution in [3.05, 3.63) is 93.1 Å². The van der Waals surface area contributed by atoms with Gasteiger partial charge in [0.2, 0.25) is 0 Å². The molecule has 1 heterocycles. The van der Waals surface area contributed by atoms with Crippen LogP contribution in [-0.2, 0) is 12.1 Å². The summed E-state index contributed by atoms with van der Waals surface area (Å²) in [7, 11) is 0. The molecule has 138 valence electrons. The molecule has 1 N–H and O–H groups in total. The predicted molar refractivity (Wildman–Crippen MR) is 116 cm³/mol. The summed E-state index contributed by atoms with van der Waals surface area (Å²) in [6, 6.07) is 24.1.